The van der Waals surface area contributed by atoms with Crippen molar-refractivity contribution >= 4 is 18.3 Å². The molecule has 1 aliphatic rings. The van der Waals surface area contributed by atoms with Crippen molar-refractivity contribution in [3.05, 3.63) is 71.8 Å². The van der Waals surface area contributed by atoms with Crippen LogP contribution in [0.5, 0.6) is 5.75 Å². The SMILES string of the molecule is C=C(C)C(=O)OCCCCCCOc1ccc(-c2ccc(/C=C/C=O)cc2)cc1C1CC1. The van der Waals surface area contributed by atoms with Crippen molar-refractivity contribution in [3.8, 4) is 16.9 Å². The van der Waals surface area contributed by atoms with Gasteiger partial charge in [-0.05, 0) is 91.8 Å². The fourth-order valence-corrected chi connectivity index (χ4v) is 3.54. The van der Waals surface area contributed by atoms with E-state index in [1.54, 1.807) is 13.0 Å². The first-order valence-electron chi connectivity index (χ1n) is 11.4. The summed E-state index contributed by atoms with van der Waals surface area (Å²) in [4.78, 5) is 21.8. The van der Waals surface area contributed by atoms with Crippen LogP contribution in [0, 0.1) is 0 Å². The van der Waals surface area contributed by atoms with Crippen LogP contribution in [-0.2, 0) is 14.3 Å². The fourth-order valence-electron chi connectivity index (χ4n) is 3.54. The molecule has 0 amide bonds. The summed E-state index contributed by atoms with van der Waals surface area (Å²) in [5, 5.41) is 0. The van der Waals surface area contributed by atoms with Crippen molar-refractivity contribution in [1.29, 1.82) is 0 Å². The molecule has 0 bridgehead atoms. The van der Waals surface area contributed by atoms with Crippen molar-refractivity contribution in [2.24, 2.45) is 0 Å². The van der Waals surface area contributed by atoms with Gasteiger partial charge in [-0.1, -0.05) is 43.0 Å². The molecule has 168 valence electrons. The first-order chi connectivity index (χ1) is 15.6. The summed E-state index contributed by atoms with van der Waals surface area (Å²) in [6.07, 6.45) is 10.4. The number of unbranched alkanes of at least 4 members (excludes halogenated alkanes) is 3. The van der Waals surface area contributed by atoms with Gasteiger partial charge in [0.25, 0.3) is 0 Å². The van der Waals surface area contributed by atoms with Crippen molar-refractivity contribution < 1.29 is 19.1 Å². The second-order valence-electron chi connectivity index (χ2n) is 8.32. The number of hydrogen-bond acceptors (Lipinski definition) is 4. The molecule has 3 rings (SSSR count). The zero-order valence-corrected chi connectivity index (χ0v) is 18.8. The third-order valence-corrected chi connectivity index (χ3v) is 5.52. The highest BCUT2D eigenvalue weighted by atomic mass is 16.5. The van der Waals surface area contributed by atoms with Gasteiger partial charge in [0, 0.05) is 5.57 Å². The van der Waals surface area contributed by atoms with Crippen LogP contribution in [0.15, 0.2) is 60.7 Å². The van der Waals surface area contributed by atoms with Crippen LogP contribution in [-0.4, -0.2) is 25.5 Å². The minimum atomic E-state index is -0.310. The highest BCUT2D eigenvalue weighted by Crippen LogP contribution is 2.45. The molecule has 0 N–H and O–H groups in total. The Labute approximate surface area is 190 Å². The quantitative estimate of drug-likeness (QED) is 0.157. The van der Waals surface area contributed by atoms with Crippen LogP contribution in [0.25, 0.3) is 17.2 Å². The van der Waals surface area contributed by atoms with Crippen LogP contribution in [0.3, 0.4) is 0 Å². The highest BCUT2D eigenvalue weighted by molar-refractivity contribution is 5.86. The molecule has 4 nitrogen and oxygen atoms in total. The molecule has 0 heterocycles. The summed E-state index contributed by atoms with van der Waals surface area (Å²) in [6.45, 7) is 6.39. The van der Waals surface area contributed by atoms with E-state index in [4.69, 9.17) is 9.47 Å². The van der Waals surface area contributed by atoms with Crippen molar-refractivity contribution in [3.63, 3.8) is 0 Å². The second kappa shape index (κ2) is 12.0. The third kappa shape index (κ3) is 7.23. The molecule has 0 aliphatic heterocycles. The maximum Gasteiger partial charge on any atom is 0.333 e. The van der Waals surface area contributed by atoms with Gasteiger partial charge in [0.15, 0.2) is 0 Å². The van der Waals surface area contributed by atoms with E-state index in [0.717, 1.165) is 48.8 Å². The number of aldehydes is 1. The zero-order chi connectivity index (χ0) is 22.8. The summed E-state index contributed by atoms with van der Waals surface area (Å²) in [7, 11) is 0. The Bertz CT molecular complexity index is 952. The number of esters is 1. The molecule has 0 spiro atoms. The van der Waals surface area contributed by atoms with Gasteiger partial charge < -0.3 is 9.47 Å². The molecule has 0 saturated heterocycles. The van der Waals surface area contributed by atoms with Gasteiger partial charge in [0.05, 0.1) is 13.2 Å². The molecule has 1 fully saturated rings. The van der Waals surface area contributed by atoms with E-state index in [-0.39, 0.29) is 5.97 Å². The lowest BCUT2D eigenvalue weighted by molar-refractivity contribution is -0.139. The Morgan fingerprint density at radius 1 is 1.00 bits per heavy atom. The maximum atomic E-state index is 11.3. The van der Waals surface area contributed by atoms with Crippen molar-refractivity contribution in [1.82, 2.24) is 0 Å². The van der Waals surface area contributed by atoms with Crippen LogP contribution >= 0.6 is 0 Å². The van der Waals surface area contributed by atoms with Gasteiger partial charge >= 0.3 is 5.97 Å². The predicted octanol–water partition coefficient (Wildman–Crippen LogP) is 6.50. The number of hydrogen-bond donors (Lipinski definition) is 0. The smallest absolute Gasteiger partial charge is 0.333 e. The molecule has 2 aromatic rings. The normalized spacial score (nSPS) is 13.2. The summed E-state index contributed by atoms with van der Waals surface area (Å²) in [5.41, 5.74) is 5.11. The van der Waals surface area contributed by atoms with Gasteiger partial charge in [0.1, 0.15) is 12.0 Å². The van der Waals surface area contributed by atoms with Crippen LogP contribution in [0.1, 0.15) is 62.5 Å². The van der Waals surface area contributed by atoms with Gasteiger partial charge in [-0.15, -0.1) is 0 Å². The molecular formula is C28H32O4. The van der Waals surface area contributed by atoms with E-state index >= 15 is 0 Å². The molecule has 0 radical (unpaired) electrons. The summed E-state index contributed by atoms with van der Waals surface area (Å²) >= 11 is 0. The average Bonchev–Trinajstić information content (AvgIpc) is 3.65. The number of carbonyl (C=O) groups is 2. The van der Waals surface area contributed by atoms with E-state index in [0.29, 0.717) is 24.7 Å². The minimum absolute atomic E-state index is 0.310. The Kier molecular flexibility index (Phi) is 8.85. The monoisotopic (exact) mass is 432 g/mol. The largest absolute Gasteiger partial charge is 0.493 e. The molecule has 1 aliphatic carbocycles. The predicted molar refractivity (Wildman–Crippen MR) is 129 cm³/mol. The molecule has 0 unspecified atom stereocenters. The van der Waals surface area contributed by atoms with E-state index < -0.39 is 0 Å². The standard InChI is InChI=1S/C28H32O4/c1-21(2)28(30)32-19-6-4-3-5-18-31-27-16-15-25(20-26(27)24-13-14-24)23-11-9-22(10-12-23)8-7-17-29/h7-12,15-17,20,24H,1,3-6,13-14,18-19H2,2H3/b8-7+. The van der Waals surface area contributed by atoms with E-state index in [9.17, 15) is 9.59 Å². The maximum absolute atomic E-state index is 11.3. The number of rotatable bonds is 13. The molecule has 2 aromatic carbocycles. The lowest BCUT2D eigenvalue weighted by Gasteiger charge is -2.13. The van der Waals surface area contributed by atoms with Crippen LogP contribution in [0.2, 0.25) is 0 Å². The first kappa shape index (κ1) is 23.5. The number of ether oxygens (including phenoxy) is 2. The number of benzene rings is 2. The van der Waals surface area contributed by atoms with Crippen LogP contribution in [0.4, 0.5) is 0 Å². The Morgan fingerprint density at radius 3 is 2.34 bits per heavy atom. The zero-order valence-electron chi connectivity index (χ0n) is 18.8. The molecular weight excluding hydrogens is 400 g/mol. The van der Waals surface area contributed by atoms with Crippen molar-refractivity contribution in [2.45, 2.75) is 51.4 Å². The van der Waals surface area contributed by atoms with E-state index in [2.05, 4.69) is 36.9 Å². The second-order valence-corrected chi connectivity index (χ2v) is 8.32. The third-order valence-electron chi connectivity index (χ3n) is 5.52. The van der Waals surface area contributed by atoms with Gasteiger partial charge in [-0.2, -0.15) is 0 Å². The van der Waals surface area contributed by atoms with E-state index in [1.165, 1.54) is 30.0 Å². The average molecular weight is 433 g/mol. The summed E-state index contributed by atoms with van der Waals surface area (Å²) in [6, 6.07) is 14.7. The first-order valence-corrected chi connectivity index (χ1v) is 11.4. The molecule has 1 saturated carbocycles. The highest BCUT2D eigenvalue weighted by Gasteiger charge is 2.27. The Morgan fingerprint density at radius 2 is 1.69 bits per heavy atom. The molecule has 0 atom stereocenters. The van der Waals surface area contributed by atoms with Gasteiger partial charge in [0.2, 0.25) is 0 Å². The Hall–Kier alpha value is -3.14. The number of allylic oxidation sites excluding steroid dienone is 1. The lowest BCUT2D eigenvalue weighted by atomic mass is 9.99. The van der Waals surface area contributed by atoms with Gasteiger partial charge in [-0.25, -0.2) is 4.79 Å². The topological polar surface area (TPSA) is 52.6 Å². The fraction of sp³-hybridized carbons (Fsp3) is 0.357. The minimum Gasteiger partial charge on any atom is -0.493 e. The molecule has 32 heavy (non-hydrogen) atoms. The lowest BCUT2D eigenvalue weighted by Crippen LogP contribution is -2.06. The summed E-state index contributed by atoms with van der Waals surface area (Å²) in [5.74, 6) is 1.29. The van der Waals surface area contributed by atoms with Gasteiger partial charge in [-0.3, -0.25) is 4.79 Å². The van der Waals surface area contributed by atoms with Crippen LogP contribution < -0.4 is 4.74 Å². The van der Waals surface area contributed by atoms with Crippen molar-refractivity contribution in [2.75, 3.05) is 13.2 Å². The Balaban J connectivity index is 1.48. The summed E-state index contributed by atoms with van der Waals surface area (Å²) < 4.78 is 11.2. The molecule has 0 aromatic heterocycles. The molecule has 4 heteroatoms. The van der Waals surface area contributed by atoms with E-state index in [1.807, 2.05) is 12.1 Å². The number of carbonyl (C=O) groups excluding carboxylic acids is 2.